The van der Waals surface area contributed by atoms with E-state index in [0.717, 1.165) is 0 Å². The molecule has 0 unspecified atom stereocenters. The number of hydrogen-bond donors (Lipinski definition) is 1. The summed E-state index contributed by atoms with van der Waals surface area (Å²) in [5, 5.41) is 23.7. The van der Waals surface area contributed by atoms with E-state index in [9.17, 15) is 5.11 Å². The molecule has 0 aliphatic rings. The largest absolute Gasteiger partial charge is 0.492 e. The van der Waals surface area contributed by atoms with Crippen molar-refractivity contribution in [1.82, 2.24) is 9.78 Å². The maximum atomic E-state index is 10.4. The fourth-order valence-corrected chi connectivity index (χ4v) is 2.64. The first kappa shape index (κ1) is 16.8. The van der Waals surface area contributed by atoms with Gasteiger partial charge in [-0.05, 0) is 31.2 Å². The lowest BCUT2D eigenvalue weighted by molar-refractivity contribution is 0.434. The van der Waals surface area contributed by atoms with Gasteiger partial charge in [-0.25, -0.2) is 0 Å². The molecule has 24 heavy (non-hydrogen) atoms. The maximum absolute atomic E-state index is 10.4. The molecule has 1 aromatic heterocycles. The Hall–Kier alpha value is -2.08. The summed E-state index contributed by atoms with van der Waals surface area (Å²) < 4.78 is 1.39. The highest BCUT2D eigenvalue weighted by molar-refractivity contribution is 6.43. The normalized spacial score (nSPS) is 11.3. The minimum atomic E-state index is -0.112. The number of azo groups is 1. The summed E-state index contributed by atoms with van der Waals surface area (Å²) in [5.74, 6) is -0.112. The number of rotatable bonds is 3. The lowest BCUT2D eigenvalue weighted by atomic mass is 10.3. The van der Waals surface area contributed by atoms with Crippen LogP contribution in [0, 0.1) is 6.92 Å². The maximum Gasteiger partial charge on any atom is 0.243 e. The van der Waals surface area contributed by atoms with E-state index in [-0.39, 0.29) is 11.6 Å². The standard InChI is InChI=1S/C16H11Cl3N4O/c1-9-15(16(24)23(22-9)10-5-3-2-4-6-10)21-20-14-8-12(18)11(17)7-13(14)19/h2-8,24H,1H3. The van der Waals surface area contributed by atoms with Crippen LogP contribution in [0.1, 0.15) is 5.69 Å². The van der Waals surface area contributed by atoms with Gasteiger partial charge in [0.25, 0.3) is 0 Å². The van der Waals surface area contributed by atoms with Crippen LogP contribution in [-0.4, -0.2) is 14.9 Å². The summed E-state index contributed by atoms with van der Waals surface area (Å²) >= 11 is 17.9. The lowest BCUT2D eigenvalue weighted by Gasteiger charge is -2.02. The van der Waals surface area contributed by atoms with E-state index in [1.807, 2.05) is 30.3 Å². The van der Waals surface area contributed by atoms with Crippen LogP contribution in [0.2, 0.25) is 15.1 Å². The van der Waals surface area contributed by atoms with Crippen LogP contribution in [0.15, 0.2) is 52.7 Å². The summed E-state index contributed by atoms with van der Waals surface area (Å²) in [6.07, 6.45) is 0. The summed E-state index contributed by atoms with van der Waals surface area (Å²) in [6, 6.07) is 12.2. The van der Waals surface area contributed by atoms with E-state index in [2.05, 4.69) is 15.3 Å². The average molecular weight is 382 g/mol. The van der Waals surface area contributed by atoms with Gasteiger partial charge in [-0.1, -0.05) is 53.0 Å². The van der Waals surface area contributed by atoms with Crippen LogP contribution >= 0.6 is 34.8 Å². The van der Waals surface area contributed by atoms with E-state index in [1.54, 1.807) is 6.92 Å². The molecule has 3 aromatic rings. The van der Waals surface area contributed by atoms with Crippen LogP contribution in [0.5, 0.6) is 5.88 Å². The van der Waals surface area contributed by atoms with Crippen molar-refractivity contribution in [3.63, 3.8) is 0 Å². The number of para-hydroxylation sites is 1. The Morgan fingerprint density at radius 1 is 0.958 bits per heavy atom. The summed E-state index contributed by atoms with van der Waals surface area (Å²) in [6.45, 7) is 1.73. The first-order valence-electron chi connectivity index (χ1n) is 6.87. The van der Waals surface area contributed by atoms with Gasteiger partial charge in [0.05, 0.1) is 26.4 Å². The Kier molecular flexibility index (Phi) is 4.76. The van der Waals surface area contributed by atoms with Crippen LogP contribution in [0.4, 0.5) is 11.4 Å². The fourth-order valence-electron chi connectivity index (χ4n) is 2.07. The molecule has 3 rings (SSSR count). The number of aromatic hydroxyl groups is 1. The Balaban J connectivity index is 2.00. The van der Waals surface area contributed by atoms with Crippen molar-refractivity contribution in [3.8, 4) is 11.6 Å². The van der Waals surface area contributed by atoms with Gasteiger partial charge in [0.1, 0.15) is 5.69 Å². The number of hydrogen-bond acceptors (Lipinski definition) is 4. The molecule has 1 heterocycles. The molecule has 0 atom stereocenters. The Labute approximate surface area is 153 Å². The van der Waals surface area contributed by atoms with Crippen molar-refractivity contribution < 1.29 is 5.11 Å². The van der Waals surface area contributed by atoms with Gasteiger partial charge in [-0.2, -0.15) is 9.78 Å². The van der Waals surface area contributed by atoms with Crippen LogP contribution in [0.3, 0.4) is 0 Å². The van der Waals surface area contributed by atoms with Crippen molar-refractivity contribution in [2.24, 2.45) is 10.2 Å². The number of aromatic nitrogens is 2. The van der Waals surface area contributed by atoms with Crippen molar-refractivity contribution >= 4 is 46.2 Å². The van der Waals surface area contributed by atoms with E-state index < -0.39 is 0 Å². The van der Waals surface area contributed by atoms with Gasteiger partial charge < -0.3 is 5.11 Å². The highest BCUT2D eigenvalue weighted by Crippen LogP contribution is 2.37. The zero-order valence-corrected chi connectivity index (χ0v) is 14.7. The number of benzene rings is 2. The van der Waals surface area contributed by atoms with Gasteiger partial charge in [0.2, 0.25) is 5.88 Å². The number of nitrogens with zero attached hydrogens (tertiary/aromatic N) is 4. The molecule has 0 aliphatic heterocycles. The molecule has 0 fully saturated rings. The van der Waals surface area contributed by atoms with Gasteiger partial charge in [-0.15, -0.1) is 10.2 Å². The van der Waals surface area contributed by atoms with Gasteiger partial charge in [0, 0.05) is 0 Å². The third-order valence-corrected chi connectivity index (χ3v) is 4.28. The second-order valence-electron chi connectivity index (χ2n) is 4.92. The molecule has 5 nitrogen and oxygen atoms in total. The molecule has 0 aliphatic carbocycles. The van der Waals surface area contributed by atoms with Crippen molar-refractivity contribution in [2.75, 3.05) is 0 Å². The van der Waals surface area contributed by atoms with Crippen molar-refractivity contribution in [1.29, 1.82) is 0 Å². The second kappa shape index (κ2) is 6.81. The monoisotopic (exact) mass is 380 g/mol. The van der Waals surface area contributed by atoms with Crippen molar-refractivity contribution in [2.45, 2.75) is 6.92 Å². The number of halogens is 3. The van der Waals surface area contributed by atoms with Crippen LogP contribution in [-0.2, 0) is 0 Å². The highest BCUT2D eigenvalue weighted by atomic mass is 35.5. The summed E-state index contributed by atoms with van der Waals surface area (Å²) in [4.78, 5) is 0. The quantitative estimate of drug-likeness (QED) is 0.430. The molecule has 0 amide bonds. The molecule has 122 valence electrons. The summed E-state index contributed by atoms with van der Waals surface area (Å²) in [5.41, 5.74) is 1.83. The minimum Gasteiger partial charge on any atom is -0.492 e. The SMILES string of the molecule is Cc1nn(-c2ccccc2)c(O)c1N=Nc1cc(Cl)c(Cl)cc1Cl. The van der Waals surface area contributed by atoms with Crippen molar-refractivity contribution in [3.05, 3.63) is 63.2 Å². The minimum absolute atomic E-state index is 0.112. The summed E-state index contributed by atoms with van der Waals surface area (Å²) in [7, 11) is 0. The van der Waals surface area contributed by atoms with E-state index in [4.69, 9.17) is 34.8 Å². The third-order valence-electron chi connectivity index (χ3n) is 3.25. The molecule has 0 bridgehead atoms. The van der Waals surface area contributed by atoms with E-state index >= 15 is 0 Å². The first-order chi connectivity index (χ1) is 11.5. The molecule has 0 saturated heterocycles. The zero-order valence-electron chi connectivity index (χ0n) is 12.4. The third kappa shape index (κ3) is 3.24. The molecule has 0 saturated carbocycles. The molecule has 2 aromatic carbocycles. The molecule has 0 spiro atoms. The predicted molar refractivity (Wildman–Crippen MR) is 95.6 cm³/mol. The molecule has 0 radical (unpaired) electrons. The lowest BCUT2D eigenvalue weighted by Crippen LogP contribution is -1.94. The van der Waals surface area contributed by atoms with E-state index in [0.29, 0.717) is 32.1 Å². The topological polar surface area (TPSA) is 62.8 Å². The molecule has 1 N–H and O–H groups in total. The zero-order chi connectivity index (χ0) is 17.3. The van der Waals surface area contributed by atoms with E-state index in [1.165, 1.54) is 16.8 Å². The van der Waals surface area contributed by atoms with Crippen LogP contribution in [0.25, 0.3) is 5.69 Å². The smallest absolute Gasteiger partial charge is 0.243 e. The Bertz CT molecular complexity index is 923. The van der Waals surface area contributed by atoms with Gasteiger partial charge in [0.15, 0.2) is 5.69 Å². The highest BCUT2D eigenvalue weighted by Gasteiger charge is 2.15. The van der Waals surface area contributed by atoms with Gasteiger partial charge >= 0.3 is 0 Å². The first-order valence-corrected chi connectivity index (χ1v) is 8.01. The second-order valence-corrected chi connectivity index (χ2v) is 6.14. The molecule has 8 heteroatoms. The fraction of sp³-hybridized carbons (Fsp3) is 0.0625. The number of aryl methyl sites for hydroxylation is 1. The Morgan fingerprint density at radius 2 is 1.62 bits per heavy atom. The predicted octanol–water partition coefficient (Wildman–Crippen LogP) is 6.26. The van der Waals surface area contributed by atoms with Crippen LogP contribution < -0.4 is 0 Å². The van der Waals surface area contributed by atoms with Gasteiger partial charge in [-0.3, -0.25) is 0 Å². The Morgan fingerprint density at radius 3 is 2.33 bits per heavy atom. The molecular formula is C16H11Cl3N4O. The molecular weight excluding hydrogens is 371 g/mol. The average Bonchev–Trinajstić information content (AvgIpc) is 2.85.